The van der Waals surface area contributed by atoms with Gasteiger partial charge >= 0.3 is 0 Å². The number of hydrogen-bond donors (Lipinski definition) is 0. The number of halogens is 1. The van der Waals surface area contributed by atoms with Crippen LogP contribution in [0.25, 0.3) is 34.1 Å². The van der Waals surface area contributed by atoms with E-state index < -0.39 is 0 Å². The summed E-state index contributed by atoms with van der Waals surface area (Å²) in [5.74, 6) is -0.214. The summed E-state index contributed by atoms with van der Waals surface area (Å²) in [6, 6.07) is 23.2. The first-order chi connectivity index (χ1) is 10.8. The van der Waals surface area contributed by atoms with Crippen LogP contribution in [0.15, 0.2) is 72.8 Å². The van der Waals surface area contributed by atoms with Crippen LogP contribution in [0.2, 0.25) is 0 Å². The molecule has 4 rings (SSSR count). The molecule has 0 N–H and O–H groups in total. The first-order valence-corrected chi connectivity index (χ1v) is 7.24. The Balaban J connectivity index is 1.91. The molecule has 4 aromatic rings. The predicted octanol–water partition coefficient (Wildman–Crippen LogP) is 5.56. The normalized spacial score (nSPS) is 11.7. The van der Waals surface area contributed by atoms with Gasteiger partial charge in [0.15, 0.2) is 0 Å². The molecule has 0 amide bonds. The third kappa shape index (κ3) is 2.09. The molecule has 0 aliphatic heterocycles. The standard InChI is InChI=1S/C20H14FN/c21-16-11-9-15(10-12-16)13-14-22-19-7-3-1-5-17(19)18-6-2-4-8-20(18)22/h1-14H/b14-13+. The summed E-state index contributed by atoms with van der Waals surface area (Å²) in [5.41, 5.74) is 3.31. The van der Waals surface area contributed by atoms with Crippen molar-refractivity contribution in [1.29, 1.82) is 0 Å². The number of hydrogen-bond acceptors (Lipinski definition) is 0. The van der Waals surface area contributed by atoms with Gasteiger partial charge in [0.1, 0.15) is 5.82 Å². The lowest BCUT2D eigenvalue weighted by Crippen LogP contribution is -1.85. The van der Waals surface area contributed by atoms with Crippen LogP contribution >= 0.6 is 0 Å². The van der Waals surface area contributed by atoms with Crippen molar-refractivity contribution in [2.45, 2.75) is 0 Å². The second kappa shape index (κ2) is 5.15. The molecular formula is C20H14FN. The van der Waals surface area contributed by atoms with Crippen molar-refractivity contribution in [1.82, 2.24) is 4.57 Å². The maximum absolute atomic E-state index is 13.0. The lowest BCUT2D eigenvalue weighted by Gasteiger charge is -2.00. The zero-order chi connectivity index (χ0) is 14.9. The van der Waals surface area contributed by atoms with Gasteiger partial charge in [-0.25, -0.2) is 4.39 Å². The predicted molar refractivity (Wildman–Crippen MR) is 91.1 cm³/mol. The van der Waals surface area contributed by atoms with Gasteiger partial charge < -0.3 is 4.57 Å². The van der Waals surface area contributed by atoms with E-state index in [9.17, 15) is 4.39 Å². The molecular weight excluding hydrogens is 273 g/mol. The lowest BCUT2D eigenvalue weighted by atomic mass is 10.2. The van der Waals surface area contributed by atoms with Crippen LogP contribution in [0.3, 0.4) is 0 Å². The molecule has 0 aliphatic carbocycles. The Labute approximate surface area is 127 Å². The van der Waals surface area contributed by atoms with Crippen LogP contribution in [-0.2, 0) is 0 Å². The van der Waals surface area contributed by atoms with Crippen LogP contribution in [-0.4, -0.2) is 4.57 Å². The van der Waals surface area contributed by atoms with Gasteiger partial charge in [-0.1, -0.05) is 48.5 Å². The Hall–Kier alpha value is -2.87. The fourth-order valence-corrected chi connectivity index (χ4v) is 2.85. The molecule has 0 saturated heterocycles. The van der Waals surface area contributed by atoms with Gasteiger partial charge in [-0.2, -0.15) is 0 Å². The summed E-state index contributed by atoms with van der Waals surface area (Å²) >= 11 is 0. The van der Waals surface area contributed by atoms with E-state index in [0.29, 0.717) is 0 Å². The molecule has 1 nitrogen and oxygen atoms in total. The summed E-state index contributed by atoms with van der Waals surface area (Å²) in [6.45, 7) is 0. The third-order valence-corrected chi connectivity index (χ3v) is 3.90. The number of aromatic nitrogens is 1. The van der Waals surface area contributed by atoms with Crippen molar-refractivity contribution in [2.24, 2.45) is 0 Å². The van der Waals surface area contributed by atoms with Gasteiger partial charge in [0.25, 0.3) is 0 Å². The van der Waals surface area contributed by atoms with Crippen LogP contribution < -0.4 is 0 Å². The molecule has 0 spiro atoms. The van der Waals surface area contributed by atoms with Gasteiger partial charge in [0, 0.05) is 17.0 Å². The minimum Gasteiger partial charge on any atom is -0.316 e. The highest BCUT2D eigenvalue weighted by Gasteiger charge is 2.07. The molecule has 22 heavy (non-hydrogen) atoms. The molecule has 2 heteroatoms. The van der Waals surface area contributed by atoms with E-state index in [1.807, 2.05) is 24.4 Å². The highest BCUT2D eigenvalue weighted by molar-refractivity contribution is 6.09. The van der Waals surface area contributed by atoms with Crippen molar-refractivity contribution >= 4 is 34.1 Å². The molecule has 0 radical (unpaired) electrons. The zero-order valence-corrected chi connectivity index (χ0v) is 11.9. The number of para-hydroxylation sites is 2. The van der Waals surface area contributed by atoms with Gasteiger partial charge in [-0.05, 0) is 35.9 Å². The molecule has 3 aromatic carbocycles. The Bertz CT molecular complexity index is 924. The molecule has 0 saturated carbocycles. The summed E-state index contributed by atoms with van der Waals surface area (Å²) < 4.78 is 15.2. The van der Waals surface area contributed by atoms with E-state index >= 15 is 0 Å². The highest BCUT2D eigenvalue weighted by Crippen LogP contribution is 2.29. The average Bonchev–Trinajstić information content (AvgIpc) is 2.89. The van der Waals surface area contributed by atoms with Gasteiger partial charge in [0.05, 0.1) is 11.0 Å². The van der Waals surface area contributed by atoms with E-state index in [-0.39, 0.29) is 5.82 Å². The minimum atomic E-state index is -0.214. The summed E-state index contributed by atoms with van der Waals surface area (Å²) in [4.78, 5) is 0. The van der Waals surface area contributed by atoms with Gasteiger partial charge in [0.2, 0.25) is 0 Å². The smallest absolute Gasteiger partial charge is 0.123 e. The largest absolute Gasteiger partial charge is 0.316 e. The molecule has 0 unspecified atom stereocenters. The second-order valence-electron chi connectivity index (χ2n) is 5.27. The Morgan fingerprint density at radius 3 is 1.82 bits per heavy atom. The van der Waals surface area contributed by atoms with E-state index in [2.05, 4.69) is 41.0 Å². The highest BCUT2D eigenvalue weighted by atomic mass is 19.1. The summed E-state index contributed by atoms with van der Waals surface area (Å²) in [5, 5.41) is 2.48. The number of rotatable bonds is 2. The Morgan fingerprint density at radius 1 is 0.682 bits per heavy atom. The van der Waals surface area contributed by atoms with Crippen molar-refractivity contribution in [3.63, 3.8) is 0 Å². The van der Waals surface area contributed by atoms with E-state index in [0.717, 1.165) is 5.56 Å². The molecule has 1 aromatic heterocycles. The SMILES string of the molecule is Fc1ccc(/C=C/n2c3ccccc3c3ccccc32)cc1. The Kier molecular flexibility index (Phi) is 3.01. The van der Waals surface area contributed by atoms with E-state index in [4.69, 9.17) is 0 Å². The second-order valence-corrected chi connectivity index (χ2v) is 5.27. The average molecular weight is 287 g/mol. The topological polar surface area (TPSA) is 4.93 Å². The van der Waals surface area contributed by atoms with E-state index in [1.54, 1.807) is 12.1 Å². The molecule has 0 aliphatic rings. The summed E-state index contributed by atoms with van der Waals surface area (Å²) in [6.07, 6.45) is 4.04. The number of nitrogens with zero attached hydrogens (tertiary/aromatic N) is 1. The maximum atomic E-state index is 13.0. The van der Waals surface area contributed by atoms with Crippen molar-refractivity contribution in [2.75, 3.05) is 0 Å². The Morgan fingerprint density at radius 2 is 1.23 bits per heavy atom. The van der Waals surface area contributed by atoms with Crippen molar-refractivity contribution in [3.05, 3.63) is 84.2 Å². The molecule has 1 heterocycles. The van der Waals surface area contributed by atoms with Gasteiger partial charge in [-0.3, -0.25) is 0 Å². The van der Waals surface area contributed by atoms with E-state index in [1.165, 1.54) is 33.9 Å². The third-order valence-electron chi connectivity index (χ3n) is 3.90. The van der Waals surface area contributed by atoms with Crippen LogP contribution in [0.4, 0.5) is 4.39 Å². The van der Waals surface area contributed by atoms with Crippen molar-refractivity contribution < 1.29 is 4.39 Å². The molecule has 0 fully saturated rings. The zero-order valence-electron chi connectivity index (χ0n) is 11.9. The van der Waals surface area contributed by atoms with Gasteiger partial charge in [-0.15, -0.1) is 0 Å². The lowest BCUT2D eigenvalue weighted by molar-refractivity contribution is 0.628. The molecule has 0 bridgehead atoms. The first kappa shape index (κ1) is 12.8. The van der Waals surface area contributed by atoms with Crippen LogP contribution in [0, 0.1) is 5.82 Å². The van der Waals surface area contributed by atoms with Crippen molar-refractivity contribution in [3.8, 4) is 0 Å². The summed E-state index contributed by atoms with van der Waals surface area (Å²) in [7, 11) is 0. The maximum Gasteiger partial charge on any atom is 0.123 e. The minimum absolute atomic E-state index is 0.214. The fraction of sp³-hybridized carbons (Fsp3) is 0. The number of benzene rings is 3. The number of fused-ring (bicyclic) bond motifs is 3. The molecule has 106 valence electrons. The van der Waals surface area contributed by atoms with Crippen LogP contribution in [0.1, 0.15) is 5.56 Å². The van der Waals surface area contributed by atoms with Crippen LogP contribution in [0.5, 0.6) is 0 Å². The monoisotopic (exact) mass is 287 g/mol. The quantitative estimate of drug-likeness (QED) is 0.455. The molecule has 0 atom stereocenters. The first-order valence-electron chi connectivity index (χ1n) is 7.24. The fourth-order valence-electron chi connectivity index (χ4n) is 2.85.